The van der Waals surface area contributed by atoms with Gasteiger partial charge in [-0.3, -0.25) is 0 Å². The number of aliphatic hydroxyl groups is 2. The van der Waals surface area contributed by atoms with Gasteiger partial charge in [0.05, 0.1) is 0 Å². The van der Waals surface area contributed by atoms with E-state index in [0.717, 1.165) is 0 Å². The third-order valence-corrected chi connectivity index (χ3v) is 2.98. The SMILES string of the molecule is CC(C)C(C)(C)C(CO)CO. The van der Waals surface area contributed by atoms with Gasteiger partial charge in [0, 0.05) is 19.1 Å². The van der Waals surface area contributed by atoms with E-state index in [0.29, 0.717) is 5.92 Å². The van der Waals surface area contributed by atoms with Crippen LogP contribution in [0.2, 0.25) is 0 Å². The zero-order chi connectivity index (χ0) is 9.07. The lowest BCUT2D eigenvalue weighted by Gasteiger charge is -2.35. The Morgan fingerprint density at radius 3 is 1.55 bits per heavy atom. The molecule has 0 rings (SSSR count). The molecule has 2 N–H and O–H groups in total. The zero-order valence-electron chi connectivity index (χ0n) is 7.96. The maximum Gasteiger partial charge on any atom is 0.0486 e. The Balaban J connectivity index is 4.24. The minimum absolute atomic E-state index is 0.00231. The van der Waals surface area contributed by atoms with Crippen LogP contribution >= 0.6 is 0 Å². The average Bonchev–Trinajstić information content (AvgIpc) is 1.89. The lowest BCUT2D eigenvalue weighted by atomic mass is 9.71. The molecule has 0 bridgehead atoms. The molecular weight excluding hydrogens is 140 g/mol. The highest BCUT2D eigenvalue weighted by Crippen LogP contribution is 2.34. The molecule has 0 spiro atoms. The molecule has 0 fully saturated rings. The first kappa shape index (κ1) is 10.9. The summed E-state index contributed by atoms with van der Waals surface area (Å²) in [7, 11) is 0. The quantitative estimate of drug-likeness (QED) is 0.650. The molecule has 0 aliphatic carbocycles. The standard InChI is InChI=1S/C9H20O2/c1-7(2)9(3,4)8(5-10)6-11/h7-8,10-11H,5-6H2,1-4H3. The van der Waals surface area contributed by atoms with Gasteiger partial charge in [0.1, 0.15) is 0 Å². The lowest BCUT2D eigenvalue weighted by Crippen LogP contribution is -2.34. The first-order valence-corrected chi connectivity index (χ1v) is 4.18. The van der Waals surface area contributed by atoms with Crippen LogP contribution in [0.1, 0.15) is 27.7 Å². The van der Waals surface area contributed by atoms with Crippen molar-refractivity contribution in [1.29, 1.82) is 0 Å². The smallest absolute Gasteiger partial charge is 0.0486 e. The van der Waals surface area contributed by atoms with E-state index in [2.05, 4.69) is 27.7 Å². The largest absolute Gasteiger partial charge is 0.396 e. The molecule has 0 aromatic carbocycles. The average molecular weight is 160 g/mol. The summed E-state index contributed by atoms with van der Waals surface area (Å²) >= 11 is 0. The van der Waals surface area contributed by atoms with Crippen molar-refractivity contribution in [2.24, 2.45) is 17.3 Å². The van der Waals surface area contributed by atoms with Crippen LogP contribution < -0.4 is 0 Å². The normalized spacial score (nSPS) is 13.1. The maximum atomic E-state index is 8.95. The molecule has 0 aromatic rings. The molecule has 11 heavy (non-hydrogen) atoms. The Morgan fingerprint density at radius 1 is 1.09 bits per heavy atom. The van der Waals surface area contributed by atoms with Crippen LogP contribution in [-0.4, -0.2) is 23.4 Å². The topological polar surface area (TPSA) is 40.5 Å². The van der Waals surface area contributed by atoms with Crippen molar-refractivity contribution in [3.63, 3.8) is 0 Å². The molecule has 0 atom stereocenters. The molecule has 0 aliphatic heterocycles. The van der Waals surface area contributed by atoms with Crippen LogP contribution in [0.25, 0.3) is 0 Å². The predicted octanol–water partition coefficient (Wildman–Crippen LogP) is 1.27. The molecule has 2 nitrogen and oxygen atoms in total. The van der Waals surface area contributed by atoms with E-state index in [1.807, 2.05) is 0 Å². The summed E-state index contributed by atoms with van der Waals surface area (Å²) in [6.45, 7) is 8.52. The highest BCUT2D eigenvalue weighted by Gasteiger charge is 2.31. The van der Waals surface area contributed by atoms with Crippen LogP contribution in [0.15, 0.2) is 0 Å². The molecule has 68 valence electrons. The van der Waals surface area contributed by atoms with Gasteiger partial charge in [-0.1, -0.05) is 27.7 Å². The molecule has 0 unspecified atom stereocenters. The van der Waals surface area contributed by atoms with Crippen molar-refractivity contribution in [3.8, 4) is 0 Å². The van der Waals surface area contributed by atoms with Gasteiger partial charge in [0.15, 0.2) is 0 Å². The Hall–Kier alpha value is -0.0800. The minimum Gasteiger partial charge on any atom is -0.396 e. The van der Waals surface area contributed by atoms with Crippen LogP contribution in [-0.2, 0) is 0 Å². The van der Waals surface area contributed by atoms with Crippen molar-refractivity contribution in [3.05, 3.63) is 0 Å². The Bertz CT molecular complexity index is 104. The summed E-state index contributed by atoms with van der Waals surface area (Å²) in [5, 5.41) is 17.9. The summed E-state index contributed by atoms with van der Waals surface area (Å²) in [5.74, 6) is 0.481. The Kier molecular flexibility index (Phi) is 4.04. The first-order valence-electron chi connectivity index (χ1n) is 4.18. The highest BCUT2D eigenvalue weighted by molar-refractivity contribution is 4.80. The highest BCUT2D eigenvalue weighted by atomic mass is 16.3. The monoisotopic (exact) mass is 160 g/mol. The van der Waals surface area contributed by atoms with Crippen molar-refractivity contribution in [1.82, 2.24) is 0 Å². The van der Waals surface area contributed by atoms with Gasteiger partial charge in [0.2, 0.25) is 0 Å². The molecule has 0 saturated heterocycles. The second-order valence-electron chi connectivity index (χ2n) is 4.04. The Labute approximate surface area is 69.2 Å². The summed E-state index contributed by atoms with van der Waals surface area (Å²) in [4.78, 5) is 0. The van der Waals surface area contributed by atoms with E-state index in [1.54, 1.807) is 0 Å². The number of hydrogen-bond acceptors (Lipinski definition) is 2. The van der Waals surface area contributed by atoms with Gasteiger partial charge in [-0.15, -0.1) is 0 Å². The van der Waals surface area contributed by atoms with Crippen LogP contribution in [0.4, 0.5) is 0 Å². The van der Waals surface area contributed by atoms with Crippen molar-refractivity contribution in [2.45, 2.75) is 27.7 Å². The number of rotatable bonds is 4. The van der Waals surface area contributed by atoms with E-state index in [-0.39, 0.29) is 24.5 Å². The van der Waals surface area contributed by atoms with Crippen molar-refractivity contribution in [2.75, 3.05) is 13.2 Å². The third-order valence-electron chi connectivity index (χ3n) is 2.98. The van der Waals surface area contributed by atoms with Crippen LogP contribution in [0, 0.1) is 17.3 Å². The van der Waals surface area contributed by atoms with E-state index >= 15 is 0 Å². The molecule has 0 radical (unpaired) electrons. The van der Waals surface area contributed by atoms with Crippen LogP contribution in [0.5, 0.6) is 0 Å². The number of aliphatic hydroxyl groups excluding tert-OH is 2. The fourth-order valence-corrected chi connectivity index (χ4v) is 1.000. The van der Waals surface area contributed by atoms with Gasteiger partial charge < -0.3 is 10.2 Å². The summed E-state index contributed by atoms with van der Waals surface area (Å²) < 4.78 is 0. The predicted molar refractivity (Wildman–Crippen MR) is 46.3 cm³/mol. The lowest BCUT2D eigenvalue weighted by molar-refractivity contribution is 0.0317. The van der Waals surface area contributed by atoms with E-state index in [9.17, 15) is 0 Å². The Morgan fingerprint density at radius 2 is 1.45 bits per heavy atom. The van der Waals surface area contributed by atoms with E-state index in [1.165, 1.54) is 0 Å². The zero-order valence-corrected chi connectivity index (χ0v) is 7.96. The molecule has 0 amide bonds. The molecule has 2 heteroatoms. The van der Waals surface area contributed by atoms with Crippen molar-refractivity contribution >= 4 is 0 Å². The third kappa shape index (κ3) is 2.46. The van der Waals surface area contributed by atoms with Crippen molar-refractivity contribution < 1.29 is 10.2 Å². The summed E-state index contributed by atoms with van der Waals surface area (Å²) in [6, 6.07) is 0. The fourth-order valence-electron chi connectivity index (χ4n) is 1.000. The summed E-state index contributed by atoms with van der Waals surface area (Å²) in [5.41, 5.74) is 0.0174. The van der Waals surface area contributed by atoms with Crippen LogP contribution in [0.3, 0.4) is 0 Å². The van der Waals surface area contributed by atoms with E-state index < -0.39 is 0 Å². The first-order chi connectivity index (χ1) is 4.96. The van der Waals surface area contributed by atoms with Gasteiger partial charge in [-0.25, -0.2) is 0 Å². The molecule has 0 heterocycles. The molecule has 0 saturated carbocycles. The summed E-state index contributed by atoms with van der Waals surface area (Å²) in [6.07, 6.45) is 0. The van der Waals surface area contributed by atoms with Gasteiger partial charge >= 0.3 is 0 Å². The van der Waals surface area contributed by atoms with Gasteiger partial charge in [-0.05, 0) is 11.3 Å². The molecule has 0 aliphatic rings. The van der Waals surface area contributed by atoms with Gasteiger partial charge in [-0.2, -0.15) is 0 Å². The minimum atomic E-state index is 0.00231. The second kappa shape index (κ2) is 4.07. The fraction of sp³-hybridized carbons (Fsp3) is 1.00. The van der Waals surface area contributed by atoms with Gasteiger partial charge in [0.25, 0.3) is 0 Å². The van der Waals surface area contributed by atoms with E-state index in [4.69, 9.17) is 10.2 Å². The number of hydrogen-bond donors (Lipinski definition) is 2. The second-order valence-corrected chi connectivity index (χ2v) is 4.04. The molecule has 0 aromatic heterocycles. The molecular formula is C9H20O2. The maximum absolute atomic E-state index is 8.95.